The van der Waals surface area contributed by atoms with Gasteiger partial charge < -0.3 is 15.0 Å². The molecule has 1 atom stereocenters. The van der Waals surface area contributed by atoms with Gasteiger partial charge in [0.2, 0.25) is 0 Å². The minimum Gasteiger partial charge on any atom is -0.491 e. The number of nitrogens with two attached hydrogens (primary N) is 1. The second-order valence-corrected chi connectivity index (χ2v) is 5.62. The molecule has 1 unspecified atom stereocenters. The summed E-state index contributed by atoms with van der Waals surface area (Å²) in [4.78, 5) is 3.77. The molecule has 1 aliphatic rings. The van der Waals surface area contributed by atoms with E-state index in [2.05, 4.69) is 4.98 Å². The Balaban J connectivity index is 2.10. The first-order chi connectivity index (χ1) is 10.3. The number of ether oxygens (including phenoxy) is 1. The topological polar surface area (TPSA) is 53.1 Å². The van der Waals surface area contributed by atoms with Crippen LogP contribution in [0.25, 0.3) is 11.4 Å². The summed E-state index contributed by atoms with van der Waals surface area (Å²) >= 11 is 0. The summed E-state index contributed by atoms with van der Waals surface area (Å²) in [6, 6.07) is 4.88. The van der Waals surface area contributed by atoms with Gasteiger partial charge in [-0.1, -0.05) is 12.1 Å². The molecule has 2 aromatic rings. The fraction of sp³-hybridized carbons (Fsp3) is 0.400. The number of benzene rings is 1. The van der Waals surface area contributed by atoms with Crippen LogP contribution in [0.15, 0.2) is 24.4 Å². The van der Waals surface area contributed by atoms with Crippen molar-refractivity contribution >= 4 is 0 Å². The minimum atomic E-state index is -4.47. The van der Waals surface area contributed by atoms with Gasteiger partial charge in [-0.15, -0.1) is 0 Å². The van der Waals surface area contributed by atoms with Crippen LogP contribution in [-0.2, 0) is 6.18 Å². The summed E-state index contributed by atoms with van der Waals surface area (Å²) in [5.74, 6) is 0.881. The van der Waals surface area contributed by atoms with Crippen molar-refractivity contribution in [1.82, 2.24) is 9.55 Å². The van der Waals surface area contributed by atoms with Gasteiger partial charge in [-0.2, -0.15) is 13.2 Å². The highest BCUT2D eigenvalue weighted by atomic mass is 19.4. The lowest BCUT2D eigenvalue weighted by molar-refractivity contribution is -0.140. The molecule has 1 aromatic heterocycles. The maximum absolute atomic E-state index is 12.9. The van der Waals surface area contributed by atoms with E-state index in [0.717, 1.165) is 11.8 Å². The zero-order chi connectivity index (χ0) is 16.1. The van der Waals surface area contributed by atoms with Gasteiger partial charge in [0.15, 0.2) is 5.69 Å². The van der Waals surface area contributed by atoms with Gasteiger partial charge in [0.05, 0.1) is 6.04 Å². The Morgan fingerprint density at radius 3 is 2.73 bits per heavy atom. The van der Waals surface area contributed by atoms with Crippen LogP contribution in [-0.4, -0.2) is 16.2 Å². The molecule has 118 valence electrons. The van der Waals surface area contributed by atoms with Crippen molar-refractivity contribution in [2.45, 2.75) is 32.1 Å². The molecule has 0 bridgehead atoms. The Labute approximate surface area is 125 Å². The van der Waals surface area contributed by atoms with E-state index in [9.17, 15) is 13.2 Å². The maximum atomic E-state index is 12.9. The first kappa shape index (κ1) is 14.9. The van der Waals surface area contributed by atoms with E-state index in [1.165, 1.54) is 4.57 Å². The largest absolute Gasteiger partial charge is 0.491 e. The summed E-state index contributed by atoms with van der Waals surface area (Å²) in [5, 5.41) is 0. The second kappa shape index (κ2) is 5.01. The number of rotatable bonds is 2. The number of fused-ring (bicyclic) bond motifs is 1. The fourth-order valence-corrected chi connectivity index (χ4v) is 2.51. The van der Waals surface area contributed by atoms with Gasteiger partial charge in [-0.25, -0.2) is 4.98 Å². The van der Waals surface area contributed by atoms with Crippen molar-refractivity contribution < 1.29 is 17.9 Å². The highest BCUT2D eigenvalue weighted by Crippen LogP contribution is 2.37. The summed E-state index contributed by atoms with van der Waals surface area (Å²) in [5.41, 5.74) is 6.43. The molecule has 1 aromatic carbocycles. The third-order valence-corrected chi connectivity index (χ3v) is 3.67. The van der Waals surface area contributed by atoms with E-state index in [1.807, 2.05) is 13.8 Å². The summed E-state index contributed by atoms with van der Waals surface area (Å²) in [6.07, 6.45) is -3.43. The van der Waals surface area contributed by atoms with Gasteiger partial charge >= 0.3 is 6.18 Å². The predicted molar refractivity (Wildman–Crippen MR) is 75.5 cm³/mol. The van der Waals surface area contributed by atoms with Gasteiger partial charge in [0.25, 0.3) is 0 Å². The molecule has 0 radical (unpaired) electrons. The van der Waals surface area contributed by atoms with Crippen LogP contribution in [0.5, 0.6) is 5.75 Å². The molecule has 3 rings (SSSR count). The lowest BCUT2D eigenvalue weighted by Crippen LogP contribution is -2.10. The molecule has 4 nitrogen and oxygen atoms in total. The molecule has 7 heteroatoms. The average molecular weight is 311 g/mol. The number of nitrogens with zero attached hydrogens (tertiary/aromatic N) is 2. The Hall–Kier alpha value is -2.02. The monoisotopic (exact) mass is 311 g/mol. The molecule has 0 spiro atoms. The van der Waals surface area contributed by atoms with Gasteiger partial charge in [-0.3, -0.25) is 0 Å². The molecule has 0 aliphatic carbocycles. The molecule has 22 heavy (non-hydrogen) atoms. The van der Waals surface area contributed by atoms with E-state index in [0.29, 0.717) is 17.9 Å². The van der Waals surface area contributed by atoms with Gasteiger partial charge in [-0.05, 0) is 19.9 Å². The smallest absolute Gasteiger partial charge is 0.434 e. The number of imidazole rings is 1. The zero-order valence-electron chi connectivity index (χ0n) is 12.2. The Morgan fingerprint density at radius 2 is 2.09 bits per heavy atom. The Kier molecular flexibility index (Phi) is 3.40. The van der Waals surface area contributed by atoms with Crippen LogP contribution < -0.4 is 10.5 Å². The Morgan fingerprint density at radius 1 is 1.36 bits per heavy atom. The quantitative estimate of drug-likeness (QED) is 0.923. The van der Waals surface area contributed by atoms with Crippen molar-refractivity contribution in [3.63, 3.8) is 0 Å². The summed E-state index contributed by atoms with van der Waals surface area (Å²) in [6.45, 7) is 4.00. The lowest BCUT2D eigenvalue weighted by Gasteiger charge is -2.12. The number of hydrogen-bond donors (Lipinski definition) is 1. The number of aromatic nitrogens is 2. The summed E-state index contributed by atoms with van der Waals surface area (Å²) in [7, 11) is 0. The van der Waals surface area contributed by atoms with Crippen molar-refractivity contribution in [2.24, 2.45) is 5.73 Å². The van der Waals surface area contributed by atoms with Gasteiger partial charge in [0, 0.05) is 23.4 Å². The molecule has 0 saturated carbocycles. The van der Waals surface area contributed by atoms with Crippen LogP contribution in [0, 0.1) is 0 Å². The van der Waals surface area contributed by atoms with Crippen molar-refractivity contribution in [3.8, 4) is 17.1 Å². The standard InChI is InChI=1S/C15H16F3N3O/c1-8(2)21-6-13(15(16,17)18)20-14(21)9-3-4-10-11(19)7-22-12(10)5-9/h3-6,8,11H,7,19H2,1-2H3. The number of halogens is 3. The molecule has 2 N–H and O–H groups in total. The van der Waals surface area contributed by atoms with Crippen molar-refractivity contribution in [1.29, 1.82) is 0 Å². The molecule has 0 amide bonds. The maximum Gasteiger partial charge on any atom is 0.434 e. The highest BCUT2D eigenvalue weighted by Gasteiger charge is 2.35. The highest BCUT2D eigenvalue weighted by molar-refractivity contribution is 5.61. The van der Waals surface area contributed by atoms with Crippen molar-refractivity contribution in [3.05, 3.63) is 35.7 Å². The first-order valence-corrected chi connectivity index (χ1v) is 6.96. The van der Waals surface area contributed by atoms with Crippen LogP contribution in [0.4, 0.5) is 13.2 Å². The van der Waals surface area contributed by atoms with Gasteiger partial charge in [0.1, 0.15) is 18.2 Å². The van der Waals surface area contributed by atoms with E-state index < -0.39 is 11.9 Å². The molecular formula is C15H16F3N3O. The molecule has 0 fully saturated rings. The first-order valence-electron chi connectivity index (χ1n) is 6.96. The van der Waals surface area contributed by atoms with Crippen LogP contribution >= 0.6 is 0 Å². The lowest BCUT2D eigenvalue weighted by atomic mass is 10.1. The SMILES string of the molecule is CC(C)n1cc(C(F)(F)F)nc1-c1ccc2c(c1)OCC2N. The second-order valence-electron chi connectivity index (χ2n) is 5.62. The Bertz CT molecular complexity index is 707. The van der Waals surface area contributed by atoms with Crippen LogP contribution in [0.3, 0.4) is 0 Å². The molecular weight excluding hydrogens is 295 g/mol. The fourth-order valence-electron chi connectivity index (χ4n) is 2.51. The van der Waals surface area contributed by atoms with Crippen LogP contribution in [0.2, 0.25) is 0 Å². The van der Waals surface area contributed by atoms with E-state index >= 15 is 0 Å². The third-order valence-electron chi connectivity index (χ3n) is 3.67. The summed E-state index contributed by atoms with van der Waals surface area (Å²) < 4.78 is 45.7. The predicted octanol–water partition coefficient (Wildman–Crippen LogP) is 3.54. The number of hydrogen-bond acceptors (Lipinski definition) is 3. The molecule has 2 heterocycles. The molecule has 1 aliphatic heterocycles. The van der Waals surface area contributed by atoms with Crippen LogP contribution in [0.1, 0.15) is 37.2 Å². The third kappa shape index (κ3) is 2.45. The molecule has 0 saturated heterocycles. The average Bonchev–Trinajstić information content (AvgIpc) is 3.02. The number of alkyl halides is 3. The zero-order valence-corrected chi connectivity index (χ0v) is 12.2. The van der Waals surface area contributed by atoms with E-state index in [4.69, 9.17) is 10.5 Å². The normalized spacial score (nSPS) is 17.7. The van der Waals surface area contributed by atoms with Crippen molar-refractivity contribution in [2.75, 3.05) is 6.61 Å². The van der Waals surface area contributed by atoms with E-state index in [-0.39, 0.29) is 17.9 Å². The minimum absolute atomic E-state index is 0.143. The van der Waals surface area contributed by atoms with E-state index in [1.54, 1.807) is 18.2 Å².